The van der Waals surface area contributed by atoms with Crippen molar-refractivity contribution in [1.29, 1.82) is 0 Å². The second-order valence-corrected chi connectivity index (χ2v) is 7.75. The van der Waals surface area contributed by atoms with E-state index in [1.165, 1.54) is 35.0 Å². The van der Waals surface area contributed by atoms with Gasteiger partial charge in [0.1, 0.15) is 0 Å². The van der Waals surface area contributed by atoms with Crippen molar-refractivity contribution in [3.63, 3.8) is 0 Å². The molecule has 1 aliphatic carbocycles. The van der Waals surface area contributed by atoms with Crippen LogP contribution in [0, 0.1) is 0 Å². The molecule has 0 atom stereocenters. The highest BCUT2D eigenvalue weighted by Gasteiger charge is 2.18. The number of benzene rings is 1. The molecule has 0 saturated heterocycles. The lowest BCUT2D eigenvalue weighted by Gasteiger charge is -2.11. The zero-order valence-corrected chi connectivity index (χ0v) is 13.5. The molecule has 1 aromatic rings. The monoisotopic (exact) mass is 290 g/mol. The molecule has 0 unspecified atom stereocenters. The molecule has 0 aliphatic heterocycles. The number of hydrogen-bond donors (Lipinski definition) is 0. The normalized spacial score (nSPS) is 15.6. The summed E-state index contributed by atoms with van der Waals surface area (Å²) in [7, 11) is -3.11. The number of sulfone groups is 1. The molecule has 0 spiro atoms. The van der Waals surface area contributed by atoms with E-state index >= 15 is 0 Å². The van der Waals surface area contributed by atoms with E-state index in [-0.39, 0.29) is 0 Å². The van der Waals surface area contributed by atoms with Crippen molar-refractivity contribution in [2.45, 2.75) is 44.9 Å². The maximum Gasteiger partial charge on any atom is 0.175 e. The lowest BCUT2D eigenvalue weighted by atomic mass is 9.96. The van der Waals surface area contributed by atoms with Gasteiger partial charge in [0.05, 0.1) is 4.90 Å². The summed E-state index contributed by atoms with van der Waals surface area (Å²) >= 11 is 0. The Labute approximate surface area is 122 Å². The molecule has 2 rings (SSSR count). The molecule has 0 heterocycles. The molecule has 1 aliphatic rings. The number of hydrogen-bond acceptors (Lipinski definition) is 2. The molecule has 20 heavy (non-hydrogen) atoms. The van der Waals surface area contributed by atoms with Crippen LogP contribution in [0.4, 0.5) is 0 Å². The van der Waals surface area contributed by atoms with Crippen LogP contribution < -0.4 is 0 Å². The lowest BCUT2D eigenvalue weighted by Crippen LogP contribution is -1.97. The fourth-order valence-electron chi connectivity index (χ4n) is 2.68. The highest BCUT2D eigenvalue weighted by atomic mass is 32.2. The molecule has 108 valence electrons. The van der Waals surface area contributed by atoms with Crippen LogP contribution in [0.3, 0.4) is 0 Å². The van der Waals surface area contributed by atoms with Gasteiger partial charge in [0.15, 0.2) is 9.84 Å². The fraction of sp³-hybridized carbons (Fsp3) is 0.412. The van der Waals surface area contributed by atoms with Crippen molar-refractivity contribution in [3.8, 4) is 0 Å². The molecule has 3 heteroatoms. The average molecular weight is 290 g/mol. The Morgan fingerprint density at radius 3 is 2.10 bits per heavy atom. The predicted octanol–water partition coefficient (Wildman–Crippen LogP) is 4.38. The minimum atomic E-state index is -3.11. The van der Waals surface area contributed by atoms with Gasteiger partial charge < -0.3 is 0 Å². The SMILES string of the molecule is CC(C)=C(C)C1=C(c2ccc(S(C)(=O)=O)cc2)CCC1. The van der Waals surface area contributed by atoms with Gasteiger partial charge in [-0.25, -0.2) is 8.42 Å². The maximum absolute atomic E-state index is 11.5. The predicted molar refractivity (Wildman–Crippen MR) is 84.4 cm³/mol. The highest BCUT2D eigenvalue weighted by molar-refractivity contribution is 7.90. The van der Waals surface area contributed by atoms with Gasteiger partial charge in [-0.15, -0.1) is 0 Å². The van der Waals surface area contributed by atoms with Gasteiger partial charge in [-0.3, -0.25) is 0 Å². The van der Waals surface area contributed by atoms with Crippen molar-refractivity contribution in [2.24, 2.45) is 0 Å². The zero-order chi connectivity index (χ0) is 14.9. The first kappa shape index (κ1) is 15.0. The van der Waals surface area contributed by atoms with E-state index in [2.05, 4.69) is 20.8 Å². The van der Waals surface area contributed by atoms with Gasteiger partial charge >= 0.3 is 0 Å². The third-order valence-corrected chi connectivity index (χ3v) is 5.18. The molecule has 0 saturated carbocycles. The van der Waals surface area contributed by atoms with E-state index in [0.29, 0.717) is 4.90 Å². The standard InChI is InChI=1S/C17H22O2S/c1-12(2)13(3)16-6-5-7-17(16)14-8-10-15(11-9-14)20(4,18)19/h8-11H,5-7H2,1-4H3. The van der Waals surface area contributed by atoms with E-state index < -0.39 is 9.84 Å². The molecule has 2 nitrogen and oxygen atoms in total. The smallest absolute Gasteiger partial charge is 0.175 e. The Morgan fingerprint density at radius 1 is 1.00 bits per heavy atom. The summed E-state index contributed by atoms with van der Waals surface area (Å²) in [6.07, 6.45) is 4.64. The molecular formula is C17H22O2S. The quantitative estimate of drug-likeness (QED) is 0.827. The van der Waals surface area contributed by atoms with Crippen LogP contribution in [0.15, 0.2) is 45.9 Å². The Morgan fingerprint density at radius 2 is 1.60 bits per heavy atom. The second-order valence-electron chi connectivity index (χ2n) is 5.73. The van der Waals surface area contributed by atoms with Crippen molar-refractivity contribution in [1.82, 2.24) is 0 Å². The number of rotatable bonds is 3. The van der Waals surface area contributed by atoms with Gasteiger partial charge in [0.25, 0.3) is 0 Å². The molecule has 0 aromatic heterocycles. The van der Waals surface area contributed by atoms with E-state index in [1.54, 1.807) is 12.1 Å². The van der Waals surface area contributed by atoms with E-state index in [4.69, 9.17) is 0 Å². The summed E-state index contributed by atoms with van der Waals surface area (Å²) in [5.74, 6) is 0. The molecule has 1 aromatic carbocycles. The van der Waals surface area contributed by atoms with E-state index in [0.717, 1.165) is 18.4 Å². The summed E-state index contributed by atoms with van der Waals surface area (Å²) < 4.78 is 23.0. The van der Waals surface area contributed by atoms with Gasteiger partial charge in [0, 0.05) is 6.26 Å². The van der Waals surface area contributed by atoms with Crippen LogP contribution in [-0.2, 0) is 9.84 Å². The van der Waals surface area contributed by atoms with Crippen LogP contribution in [0.1, 0.15) is 45.6 Å². The Kier molecular flexibility index (Phi) is 4.19. The van der Waals surface area contributed by atoms with Gasteiger partial charge in [-0.1, -0.05) is 17.7 Å². The first-order valence-corrected chi connectivity index (χ1v) is 8.87. The summed E-state index contributed by atoms with van der Waals surface area (Å²) in [6, 6.07) is 7.31. The van der Waals surface area contributed by atoms with Gasteiger partial charge in [-0.05, 0) is 74.4 Å². The number of allylic oxidation sites excluding steroid dienone is 4. The zero-order valence-electron chi connectivity index (χ0n) is 12.7. The van der Waals surface area contributed by atoms with Crippen LogP contribution in [0.5, 0.6) is 0 Å². The molecule has 0 fully saturated rings. The van der Waals surface area contributed by atoms with Crippen molar-refractivity contribution in [3.05, 3.63) is 46.5 Å². The molecular weight excluding hydrogens is 268 g/mol. The minimum absolute atomic E-state index is 0.389. The second kappa shape index (κ2) is 5.57. The first-order valence-electron chi connectivity index (χ1n) is 6.97. The largest absolute Gasteiger partial charge is 0.224 e. The third-order valence-electron chi connectivity index (χ3n) is 4.05. The summed E-state index contributed by atoms with van der Waals surface area (Å²) in [6.45, 7) is 6.47. The summed E-state index contributed by atoms with van der Waals surface area (Å²) in [5, 5.41) is 0. The first-order chi connectivity index (χ1) is 9.30. The van der Waals surface area contributed by atoms with Crippen LogP contribution in [-0.4, -0.2) is 14.7 Å². The third kappa shape index (κ3) is 3.04. The van der Waals surface area contributed by atoms with E-state index in [1.807, 2.05) is 12.1 Å². The van der Waals surface area contributed by atoms with Gasteiger partial charge in [0.2, 0.25) is 0 Å². The summed E-state index contributed by atoms with van der Waals surface area (Å²) in [4.78, 5) is 0.389. The van der Waals surface area contributed by atoms with Gasteiger partial charge in [-0.2, -0.15) is 0 Å². The highest BCUT2D eigenvalue weighted by Crippen LogP contribution is 2.38. The van der Waals surface area contributed by atoms with Crippen molar-refractivity contribution in [2.75, 3.05) is 6.26 Å². The Hall–Kier alpha value is -1.35. The maximum atomic E-state index is 11.5. The molecule has 0 radical (unpaired) electrons. The van der Waals surface area contributed by atoms with Crippen molar-refractivity contribution < 1.29 is 8.42 Å². The van der Waals surface area contributed by atoms with E-state index in [9.17, 15) is 8.42 Å². The molecule has 0 bridgehead atoms. The minimum Gasteiger partial charge on any atom is -0.224 e. The topological polar surface area (TPSA) is 34.1 Å². The Balaban J connectivity index is 2.46. The van der Waals surface area contributed by atoms with Crippen molar-refractivity contribution >= 4 is 15.4 Å². The lowest BCUT2D eigenvalue weighted by molar-refractivity contribution is 0.602. The van der Waals surface area contributed by atoms with Crippen LogP contribution in [0.25, 0.3) is 5.57 Å². The molecule has 0 N–H and O–H groups in total. The average Bonchev–Trinajstić information content (AvgIpc) is 2.85. The molecule has 0 amide bonds. The van der Waals surface area contributed by atoms with Crippen LogP contribution >= 0.6 is 0 Å². The van der Waals surface area contributed by atoms with Crippen LogP contribution in [0.2, 0.25) is 0 Å². The Bertz CT molecular complexity index is 670. The summed E-state index contributed by atoms with van der Waals surface area (Å²) in [5.41, 5.74) is 6.71. The fourth-order valence-corrected chi connectivity index (χ4v) is 3.31.